The van der Waals surface area contributed by atoms with Crippen LogP contribution in [0.15, 0.2) is 56.7 Å². The van der Waals surface area contributed by atoms with Gasteiger partial charge in [-0.1, -0.05) is 42.1 Å². The summed E-state index contributed by atoms with van der Waals surface area (Å²) < 4.78 is 12.9. The van der Waals surface area contributed by atoms with E-state index in [9.17, 15) is 9.59 Å². The number of ether oxygens (including phenoxy) is 1. The van der Waals surface area contributed by atoms with Crippen molar-refractivity contribution in [3.63, 3.8) is 0 Å². The number of carbonyl (C=O) groups excluding carboxylic acids is 2. The molecule has 2 N–H and O–H groups in total. The number of halogens is 1. The SMILES string of the molecule is COCCNC(=O)NC(=O)CSc1nnc(-c2ccc(Br)o2)n1Cc1ccccc1. The summed E-state index contributed by atoms with van der Waals surface area (Å²) in [6.45, 7) is 1.18. The van der Waals surface area contributed by atoms with Crippen molar-refractivity contribution in [1.82, 2.24) is 25.4 Å². The Balaban J connectivity index is 1.70. The maximum absolute atomic E-state index is 12.1. The summed E-state index contributed by atoms with van der Waals surface area (Å²) in [6.07, 6.45) is 0. The molecular weight excluding hydrogens is 474 g/mol. The first-order valence-corrected chi connectivity index (χ1v) is 10.8. The molecule has 158 valence electrons. The molecule has 0 atom stereocenters. The van der Waals surface area contributed by atoms with Crippen molar-refractivity contribution in [3.8, 4) is 11.6 Å². The van der Waals surface area contributed by atoms with Gasteiger partial charge in [-0.05, 0) is 33.6 Å². The highest BCUT2D eigenvalue weighted by Crippen LogP contribution is 2.28. The number of hydrogen-bond acceptors (Lipinski definition) is 7. The van der Waals surface area contributed by atoms with Gasteiger partial charge in [0.05, 0.1) is 18.9 Å². The van der Waals surface area contributed by atoms with Crippen molar-refractivity contribution < 1.29 is 18.7 Å². The number of nitrogens with one attached hydrogen (secondary N) is 2. The largest absolute Gasteiger partial charge is 0.446 e. The maximum atomic E-state index is 12.1. The first kappa shape index (κ1) is 22.1. The predicted molar refractivity (Wildman–Crippen MR) is 115 cm³/mol. The molecule has 0 bridgehead atoms. The number of carbonyl (C=O) groups is 2. The molecule has 11 heteroatoms. The minimum atomic E-state index is -0.565. The van der Waals surface area contributed by atoms with E-state index in [1.807, 2.05) is 34.9 Å². The van der Waals surface area contributed by atoms with Gasteiger partial charge in [0.15, 0.2) is 15.6 Å². The number of imide groups is 1. The molecule has 3 amide bonds. The van der Waals surface area contributed by atoms with Crippen LogP contribution in [0.5, 0.6) is 0 Å². The Hall–Kier alpha value is -2.63. The van der Waals surface area contributed by atoms with Gasteiger partial charge in [-0.15, -0.1) is 10.2 Å². The Bertz CT molecular complexity index is 992. The van der Waals surface area contributed by atoms with Gasteiger partial charge in [0.25, 0.3) is 0 Å². The quantitative estimate of drug-likeness (QED) is 0.348. The van der Waals surface area contributed by atoms with E-state index in [1.165, 1.54) is 18.9 Å². The van der Waals surface area contributed by atoms with Crippen LogP contribution in [-0.4, -0.2) is 52.7 Å². The average molecular weight is 494 g/mol. The predicted octanol–water partition coefficient (Wildman–Crippen LogP) is 2.91. The molecule has 0 aliphatic rings. The zero-order chi connectivity index (χ0) is 21.3. The molecule has 0 unspecified atom stereocenters. The number of nitrogens with zero attached hydrogens (tertiary/aromatic N) is 3. The average Bonchev–Trinajstić information content (AvgIpc) is 3.33. The Morgan fingerprint density at radius 2 is 2.00 bits per heavy atom. The van der Waals surface area contributed by atoms with E-state index in [2.05, 4.69) is 36.8 Å². The number of thioether (sulfide) groups is 1. The van der Waals surface area contributed by atoms with Gasteiger partial charge in [-0.3, -0.25) is 14.7 Å². The second-order valence-corrected chi connectivity index (χ2v) is 7.79. The van der Waals surface area contributed by atoms with Gasteiger partial charge in [-0.2, -0.15) is 0 Å². The topological polar surface area (TPSA) is 111 Å². The number of hydrogen-bond donors (Lipinski definition) is 2. The van der Waals surface area contributed by atoms with Crippen molar-refractivity contribution >= 4 is 39.6 Å². The monoisotopic (exact) mass is 493 g/mol. The molecule has 9 nitrogen and oxygen atoms in total. The minimum Gasteiger partial charge on any atom is -0.446 e. The van der Waals surface area contributed by atoms with Crippen LogP contribution in [-0.2, 0) is 16.1 Å². The van der Waals surface area contributed by atoms with E-state index < -0.39 is 11.9 Å². The van der Waals surface area contributed by atoms with Crippen LogP contribution >= 0.6 is 27.7 Å². The van der Waals surface area contributed by atoms with Gasteiger partial charge in [0.2, 0.25) is 11.7 Å². The van der Waals surface area contributed by atoms with Gasteiger partial charge in [-0.25, -0.2) is 4.79 Å². The third-order valence-corrected chi connectivity index (χ3v) is 5.26. The summed E-state index contributed by atoms with van der Waals surface area (Å²) in [5, 5.41) is 13.8. The van der Waals surface area contributed by atoms with Crippen LogP contribution in [0, 0.1) is 0 Å². The number of benzene rings is 1. The lowest BCUT2D eigenvalue weighted by molar-refractivity contribution is -0.117. The van der Waals surface area contributed by atoms with E-state index in [1.54, 1.807) is 12.1 Å². The Kier molecular flexibility index (Phi) is 8.05. The molecule has 3 rings (SSSR count). The van der Waals surface area contributed by atoms with Gasteiger partial charge in [0.1, 0.15) is 0 Å². The molecule has 0 spiro atoms. The molecule has 0 saturated heterocycles. The number of methoxy groups -OCH3 is 1. The fraction of sp³-hybridized carbons (Fsp3) is 0.263. The number of amides is 3. The van der Waals surface area contributed by atoms with Crippen LogP contribution in [0.1, 0.15) is 5.56 Å². The van der Waals surface area contributed by atoms with Crippen LogP contribution in [0.2, 0.25) is 0 Å². The summed E-state index contributed by atoms with van der Waals surface area (Å²) >= 11 is 4.48. The van der Waals surface area contributed by atoms with Gasteiger partial charge in [0, 0.05) is 13.7 Å². The Morgan fingerprint density at radius 1 is 1.20 bits per heavy atom. The lowest BCUT2D eigenvalue weighted by Crippen LogP contribution is -2.41. The molecule has 0 aliphatic carbocycles. The van der Waals surface area contributed by atoms with Crippen molar-refractivity contribution in [1.29, 1.82) is 0 Å². The molecule has 0 radical (unpaired) electrons. The van der Waals surface area contributed by atoms with E-state index in [-0.39, 0.29) is 5.75 Å². The van der Waals surface area contributed by atoms with Crippen molar-refractivity contribution in [2.75, 3.05) is 26.0 Å². The molecule has 2 heterocycles. The van der Waals surface area contributed by atoms with Crippen LogP contribution in [0.25, 0.3) is 11.6 Å². The molecule has 3 aromatic rings. The Labute approximate surface area is 185 Å². The lowest BCUT2D eigenvalue weighted by atomic mass is 10.2. The van der Waals surface area contributed by atoms with E-state index in [0.717, 1.165) is 5.56 Å². The van der Waals surface area contributed by atoms with E-state index >= 15 is 0 Å². The van der Waals surface area contributed by atoms with Crippen molar-refractivity contribution in [3.05, 3.63) is 52.7 Å². The standard InChI is InChI=1S/C19H20BrN5O4S/c1-28-10-9-21-18(27)22-16(26)12-30-19-24-23-17(14-7-8-15(20)29-14)25(19)11-13-5-3-2-4-6-13/h2-8H,9-12H2,1H3,(H2,21,22,26,27). The van der Waals surface area contributed by atoms with E-state index in [0.29, 0.717) is 41.1 Å². The fourth-order valence-corrected chi connectivity index (χ4v) is 3.57. The lowest BCUT2D eigenvalue weighted by Gasteiger charge is -2.09. The molecular formula is C19H20BrN5O4S. The first-order valence-electron chi connectivity index (χ1n) is 8.99. The maximum Gasteiger partial charge on any atom is 0.321 e. The molecule has 0 fully saturated rings. The van der Waals surface area contributed by atoms with Crippen molar-refractivity contribution in [2.45, 2.75) is 11.7 Å². The molecule has 1 aromatic carbocycles. The summed E-state index contributed by atoms with van der Waals surface area (Å²) in [6, 6.07) is 12.8. The van der Waals surface area contributed by atoms with Gasteiger partial charge >= 0.3 is 6.03 Å². The van der Waals surface area contributed by atoms with E-state index in [4.69, 9.17) is 9.15 Å². The number of urea groups is 1. The van der Waals surface area contributed by atoms with Crippen molar-refractivity contribution in [2.24, 2.45) is 0 Å². The van der Waals surface area contributed by atoms with Crippen LogP contribution < -0.4 is 10.6 Å². The normalized spacial score (nSPS) is 10.7. The minimum absolute atomic E-state index is 0.00642. The highest BCUT2D eigenvalue weighted by Gasteiger charge is 2.19. The Morgan fingerprint density at radius 3 is 2.70 bits per heavy atom. The third kappa shape index (κ3) is 6.18. The first-order chi connectivity index (χ1) is 14.6. The number of furan rings is 1. The molecule has 0 saturated carbocycles. The summed E-state index contributed by atoms with van der Waals surface area (Å²) in [5.74, 6) is 0.669. The summed E-state index contributed by atoms with van der Waals surface area (Å²) in [5.41, 5.74) is 1.05. The zero-order valence-corrected chi connectivity index (χ0v) is 18.5. The van der Waals surface area contributed by atoms with Gasteiger partial charge < -0.3 is 14.5 Å². The highest BCUT2D eigenvalue weighted by atomic mass is 79.9. The number of aromatic nitrogens is 3. The summed E-state index contributed by atoms with van der Waals surface area (Å²) in [7, 11) is 1.53. The third-order valence-electron chi connectivity index (χ3n) is 3.87. The second-order valence-electron chi connectivity index (χ2n) is 6.07. The molecule has 30 heavy (non-hydrogen) atoms. The molecule has 2 aromatic heterocycles. The molecule has 0 aliphatic heterocycles. The fourth-order valence-electron chi connectivity index (χ4n) is 2.52. The summed E-state index contributed by atoms with van der Waals surface area (Å²) in [4.78, 5) is 23.8. The smallest absolute Gasteiger partial charge is 0.321 e. The van der Waals surface area contributed by atoms with Crippen LogP contribution in [0.4, 0.5) is 4.79 Å². The number of rotatable bonds is 9. The second kappa shape index (κ2) is 11.0. The zero-order valence-electron chi connectivity index (χ0n) is 16.1. The highest BCUT2D eigenvalue weighted by molar-refractivity contribution is 9.10. The van der Waals surface area contributed by atoms with Crippen LogP contribution in [0.3, 0.4) is 0 Å².